The van der Waals surface area contributed by atoms with E-state index in [4.69, 9.17) is 23.7 Å². The number of ether oxygens (including phenoxy) is 5. The maximum absolute atomic E-state index is 6.51. The van der Waals surface area contributed by atoms with Gasteiger partial charge in [0, 0.05) is 6.42 Å². The highest BCUT2D eigenvalue weighted by molar-refractivity contribution is 5.16. The fourth-order valence-corrected chi connectivity index (χ4v) is 4.68. The van der Waals surface area contributed by atoms with Crippen LogP contribution < -0.4 is 0 Å². The Balaban J connectivity index is 1.30. The fourth-order valence-electron chi connectivity index (χ4n) is 4.68. The van der Waals surface area contributed by atoms with Crippen LogP contribution in [0.3, 0.4) is 0 Å². The van der Waals surface area contributed by atoms with Crippen LogP contribution in [0.15, 0.2) is 121 Å². The van der Waals surface area contributed by atoms with Crippen molar-refractivity contribution in [3.63, 3.8) is 0 Å². The lowest BCUT2D eigenvalue weighted by Crippen LogP contribution is -2.53. The molecule has 5 heteroatoms. The number of hydrogen-bond acceptors (Lipinski definition) is 5. The minimum Gasteiger partial charge on any atom is -0.374 e. The molecule has 0 aromatic heterocycles. The van der Waals surface area contributed by atoms with Gasteiger partial charge in [-0.1, -0.05) is 121 Å². The van der Waals surface area contributed by atoms with Crippen molar-refractivity contribution < 1.29 is 23.7 Å². The Bertz CT molecular complexity index is 1200. The molecule has 0 saturated carbocycles. The maximum Gasteiger partial charge on any atom is 0.161 e. The molecule has 0 aliphatic carbocycles. The lowest BCUT2D eigenvalue weighted by molar-refractivity contribution is -0.281. The Morgan fingerprint density at radius 2 is 0.949 bits per heavy atom. The first kappa shape index (κ1) is 27.3. The lowest BCUT2D eigenvalue weighted by atomic mass is 10.0. The maximum atomic E-state index is 6.51. The van der Waals surface area contributed by atoms with Crippen LogP contribution in [0.5, 0.6) is 0 Å². The molecule has 4 atom stereocenters. The van der Waals surface area contributed by atoms with Gasteiger partial charge in [0.2, 0.25) is 0 Å². The summed E-state index contributed by atoms with van der Waals surface area (Å²) in [6.07, 6.45) is -0.774. The highest BCUT2D eigenvalue weighted by Crippen LogP contribution is 2.29. The van der Waals surface area contributed by atoms with E-state index in [9.17, 15) is 0 Å². The molecule has 4 aromatic carbocycles. The van der Waals surface area contributed by atoms with Gasteiger partial charge in [0.15, 0.2) is 6.29 Å². The van der Waals surface area contributed by atoms with Crippen LogP contribution in [0, 0.1) is 0 Å². The molecule has 0 amide bonds. The zero-order valence-corrected chi connectivity index (χ0v) is 22.1. The first-order chi connectivity index (χ1) is 19.3. The molecular formula is C34H36O5. The van der Waals surface area contributed by atoms with Gasteiger partial charge in [-0.15, -0.1) is 0 Å². The molecule has 1 saturated heterocycles. The summed E-state index contributed by atoms with van der Waals surface area (Å²) in [5.41, 5.74) is 4.43. The molecular weight excluding hydrogens is 488 g/mol. The van der Waals surface area contributed by atoms with Crippen molar-refractivity contribution in [3.05, 3.63) is 144 Å². The van der Waals surface area contributed by atoms with Gasteiger partial charge in [0.25, 0.3) is 0 Å². The second kappa shape index (κ2) is 14.7. The third kappa shape index (κ3) is 8.59. The van der Waals surface area contributed by atoms with E-state index in [1.165, 1.54) is 0 Å². The molecule has 1 heterocycles. The average Bonchev–Trinajstić information content (AvgIpc) is 3.00. The summed E-state index contributed by atoms with van der Waals surface area (Å²) in [5.74, 6) is 0. The van der Waals surface area contributed by atoms with E-state index in [0.29, 0.717) is 39.5 Å². The molecule has 1 fully saturated rings. The van der Waals surface area contributed by atoms with Crippen molar-refractivity contribution in [2.75, 3.05) is 6.61 Å². The summed E-state index contributed by atoms with van der Waals surface area (Å²) in [7, 11) is 0. The Hall–Kier alpha value is -3.32. The van der Waals surface area contributed by atoms with Gasteiger partial charge in [-0.25, -0.2) is 0 Å². The fraction of sp³-hybridized carbons (Fsp3) is 0.294. The predicted molar refractivity (Wildman–Crippen MR) is 151 cm³/mol. The minimum absolute atomic E-state index is 0.228. The van der Waals surface area contributed by atoms with Crippen molar-refractivity contribution in [1.82, 2.24) is 0 Å². The standard InChI is InChI=1S/C34H36O5/c1-5-13-27(14-6-1)22-35-26-32-34(38-25-30-19-11-4-12-20-30)31(36-23-28-15-7-2-8-16-28)21-33(39-32)37-24-29-17-9-3-10-18-29/h1-20,31-34H,21-26H2/t31-,32?,33+,34-/m1/s1. The van der Waals surface area contributed by atoms with E-state index in [1.807, 2.05) is 72.8 Å². The summed E-state index contributed by atoms with van der Waals surface area (Å²) in [6, 6.07) is 40.7. The van der Waals surface area contributed by atoms with Gasteiger partial charge < -0.3 is 23.7 Å². The van der Waals surface area contributed by atoms with Crippen LogP contribution >= 0.6 is 0 Å². The first-order valence-electron chi connectivity index (χ1n) is 13.6. The third-order valence-corrected chi connectivity index (χ3v) is 6.75. The second-order valence-corrected chi connectivity index (χ2v) is 9.73. The van der Waals surface area contributed by atoms with Crippen LogP contribution in [0.4, 0.5) is 0 Å². The summed E-state index contributed by atoms with van der Waals surface area (Å²) < 4.78 is 31.9. The Morgan fingerprint density at radius 1 is 0.513 bits per heavy atom. The van der Waals surface area contributed by atoms with E-state index in [1.54, 1.807) is 0 Å². The molecule has 0 N–H and O–H groups in total. The highest BCUT2D eigenvalue weighted by atomic mass is 16.7. The Kier molecular flexibility index (Phi) is 10.3. The van der Waals surface area contributed by atoms with Crippen molar-refractivity contribution in [3.8, 4) is 0 Å². The van der Waals surface area contributed by atoms with E-state index in [-0.39, 0.29) is 18.3 Å². The van der Waals surface area contributed by atoms with Gasteiger partial charge in [0.1, 0.15) is 12.2 Å². The van der Waals surface area contributed by atoms with Gasteiger partial charge >= 0.3 is 0 Å². The second-order valence-electron chi connectivity index (χ2n) is 9.73. The smallest absolute Gasteiger partial charge is 0.161 e. The quantitative estimate of drug-likeness (QED) is 0.195. The predicted octanol–water partition coefficient (Wildman–Crippen LogP) is 6.71. The Labute approximate surface area is 231 Å². The SMILES string of the molecule is c1ccc(COCC2O[C@H](OCc3ccccc3)C[C@@H](OCc3ccccc3)[C@H]2OCc2ccccc2)cc1. The van der Waals surface area contributed by atoms with Gasteiger partial charge in [0.05, 0.1) is 39.1 Å². The molecule has 0 spiro atoms. The van der Waals surface area contributed by atoms with E-state index < -0.39 is 6.29 Å². The molecule has 5 nitrogen and oxygen atoms in total. The molecule has 1 aliphatic rings. The molecule has 39 heavy (non-hydrogen) atoms. The number of benzene rings is 4. The van der Waals surface area contributed by atoms with E-state index in [0.717, 1.165) is 22.3 Å². The van der Waals surface area contributed by atoms with E-state index >= 15 is 0 Å². The number of hydrogen-bond donors (Lipinski definition) is 0. The van der Waals surface area contributed by atoms with Crippen LogP contribution in [-0.4, -0.2) is 31.2 Å². The summed E-state index contributed by atoms with van der Waals surface area (Å²) in [5, 5.41) is 0. The summed E-state index contributed by atoms with van der Waals surface area (Å²) in [6.45, 7) is 2.27. The normalized spacial score (nSPS) is 21.0. The van der Waals surface area contributed by atoms with Gasteiger partial charge in [-0.05, 0) is 22.3 Å². The monoisotopic (exact) mass is 524 g/mol. The zero-order chi connectivity index (χ0) is 26.5. The molecule has 5 rings (SSSR count). The molecule has 1 aliphatic heterocycles. The Morgan fingerprint density at radius 3 is 1.46 bits per heavy atom. The van der Waals surface area contributed by atoms with Crippen LogP contribution in [0.2, 0.25) is 0 Å². The minimum atomic E-state index is -0.437. The molecule has 1 unspecified atom stereocenters. The summed E-state index contributed by atoms with van der Waals surface area (Å²) >= 11 is 0. The lowest BCUT2D eigenvalue weighted by Gasteiger charge is -2.41. The largest absolute Gasteiger partial charge is 0.374 e. The average molecular weight is 525 g/mol. The van der Waals surface area contributed by atoms with Crippen molar-refractivity contribution in [2.24, 2.45) is 0 Å². The molecule has 0 bridgehead atoms. The molecule has 202 valence electrons. The van der Waals surface area contributed by atoms with Crippen LogP contribution in [-0.2, 0) is 50.1 Å². The highest BCUT2D eigenvalue weighted by Gasteiger charge is 2.41. The van der Waals surface area contributed by atoms with Crippen LogP contribution in [0.1, 0.15) is 28.7 Å². The van der Waals surface area contributed by atoms with Crippen molar-refractivity contribution in [1.29, 1.82) is 0 Å². The van der Waals surface area contributed by atoms with Crippen LogP contribution in [0.25, 0.3) is 0 Å². The van der Waals surface area contributed by atoms with Gasteiger partial charge in [-0.2, -0.15) is 0 Å². The summed E-state index contributed by atoms with van der Waals surface area (Å²) in [4.78, 5) is 0. The topological polar surface area (TPSA) is 46.2 Å². The zero-order valence-electron chi connectivity index (χ0n) is 22.1. The first-order valence-corrected chi connectivity index (χ1v) is 13.6. The van der Waals surface area contributed by atoms with Gasteiger partial charge in [-0.3, -0.25) is 0 Å². The van der Waals surface area contributed by atoms with Crippen molar-refractivity contribution in [2.45, 2.75) is 57.5 Å². The molecule has 0 radical (unpaired) electrons. The number of rotatable bonds is 13. The van der Waals surface area contributed by atoms with E-state index in [2.05, 4.69) is 48.5 Å². The molecule has 4 aromatic rings. The van der Waals surface area contributed by atoms with Crippen molar-refractivity contribution >= 4 is 0 Å². The third-order valence-electron chi connectivity index (χ3n) is 6.75.